The first-order valence-electron chi connectivity index (χ1n) is 7.94. The second-order valence-corrected chi connectivity index (χ2v) is 5.82. The molecule has 0 saturated carbocycles. The van der Waals surface area contributed by atoms with E-state index in [1.165, 1.54) is 6.20 Å². The monoisotopic (exact) mass is 347 g/mol. The summed E-state index contributed by atoms with van der Waals surface area (Å²) in [5.41, 5.74) is 1.21. The van der Waals surface area contributed by atoms with E-state index in [1.807, 2.05) is 37.8 Å². The molecular weight excluding hydrogens is 326 g/mol. The number of aromatic nitrogens is 3. The van der Waals surface area contributed by atoms with Gasteiger partial charge < -0.3 is 9.80 Å². The molecule has 2 rings (SSSR count). The lowest BCUT2D eigenvalue weighted by Gasteiger charge is -2.26. The molecule has 0 radical (unpaired) electrons. The number of nitrogens with zero attached hydrogens (tertiary/aromatic N) is 5. The van der Waals surface area contributed by atoms with Gasteiger partial charge in [0.15, 0.2) is 5.69 Å². The minimum absolute atomic E-state index is 0.122. The van der Waals surface area contributed by atoms with E-state index in [0.717, 1.165) is 18.7 Å². The van der Waals surface area contributed by atoms with Crippen LogP contribution in [0.5, 0.6) is 0 Å². The Morgan fingerprint density at radius 1 is 1.25 bits per heavy atom. The van der Waals surface area contributed by atoms with Crippen molar-refractivity contribution < 1.29 is 4.79 Å². The molecule has 2 aromatic rings. The SMILES string of the molecule is CCN(CC)c1ncc(Cl)c(C(=O)N(C)[C@H](C)c2ccncc2)n1. The molecule has 0 aliphatic carbocycles. The van der Waals surface area contributed by atoms with E-state index in [1.54, 1.807) is 24.3 Å². The van der Waals surface area contributed by atoms with Gasteiger partial charge in [0.05, 0.1) is 17.3 Å². The highest BCUT2D eigenvalue weighted by atomic mass is 35.5. The van der Waals surface area contributed by atoms with Crippen LogP contribution in [0.25, 0.3) is 0 Å². The van der Waals surface area contributed by atoms with Gasteiger partial charge in [-0.15, -0.1) is 0 Å². The van der Waals surface area contributed by atoms with Crippen LogP contribution in [0.2, 0.25) is 5.02 Å². The molecule has 0 bridgehead atoms. The highest BCUT2D eigenvalue weighted by Gasteiger charge is 2.23. The molecule has 128 valence electrons. The van der Waals surface area contributed by atoms with Crippen LogP contribution in [0, 0.1) is 0 Å². The Morgan fingerprint density at radius 3 is 2.46 bits per heavy atom. The predicted octanol–water partition coefficient (Wildman–Crippen LogP) is 3.20. The maximum absolute atomic E-state index is 12.8. The van der Waals surface area contributed by atoms with Crippen molar-refractivity contribution in [1.29, 1.82) is 0 Å². The average Bonchev–Trinajstić information content (AvgIpc) is 2.63. The fraction of sp³-hybridized carbons (Fsp3) is 0.412. The molecule has 7 heteroatoms. The summed E-state index contributed by atoms with van der Waals surface area (Å²) in [5, 5.41) is 0.254. The van der Waals surface area contributed by atoms with Gasteiger partial charge in [0.2, 0.25) is 5.95 Å². The normalized spacial score (nSPS) is 11.9. The molecule has 0 fully saturated rings. The molecule has 0 aliphatic heterocycles. The smallest absolute Gasteiger partial charge is 0.274 e. The summed E-state index contributed by atoms with van der Waals surface area (Å²) in [5.74, 6) is 0.276. The summed E-state index contributed by atoms with van der Waals surface area (Å²) < 4.78 is 0. The number of hydrogen-bond acceptors (Lipinski definition) is 5. The van der Waals surface area contributed by atoms with E-state index in [4.69, 9.17) is 11.6 Å². The lowest BCUT2D eigenvalue weighted by Crippen LogP contribution is -2.32. The highest BCUT2D eigenvalue weighted by Crippen LogP contribution is 2.23. The molecule has 0 N–H and O–H groups in total. The van der Waals surface area contributed by atoms with Crippen LogP contribution < -0.4 is 4.90 Å². The number of hydrogen-bond donors (Lipinski definition) is 0. The van der Waals surface area contributed by atoms with Crippen LogP contribution in [0.1, 0.15) is 42.9 Å². The van der Waals surface area contributed by atoms with Crippen molar-refractivity contribution in [3.8, 4) is 0 Å². The Labute approximate surface area is 147 Å². The molecule has 2 aromatic heterocycles. The zero-order chi connectivity index (χ0) is 17.7. The maximum atomic E-state index is 12.8. The molecule has 1 amide bonds. The van der Waals surface area contributed by atoms with Gasteiger partial charge in [0.1, 0.15) is 0 Å². The van der Waals surface area contributed by atoms with Gasteiger partial charge >= 0.3 is 0 Å². The first-order chi connectivity index (χ1) is 11.5. The van der Waals surface area contributed by atoms with Crippen LogP contribution in [-0.4, -0.2) is 45.9 Å². The summed E-state index contributed by atoms with van der Waals surface area (Å²) in [7, 11) is 1.74. The van der Waals surface area contributed by atoms with Crippen molar-refractivity contribution in [2.75, 3.05) is 25.0 Å². The number of carbonyl (C=O) groups excluding carboxylic acids is 1. The molecule has 24 heavy (non-hydrogen) atoms. The largest absolute Gasteiger partial charge is 0.341 e. The Bertz CT molecular complexity index is 691. The number of pyridine rings is 1. The topological polar surface area (TPSA) is 62.2 Å². The minimum atomic E-state index is -0.236. The summed E-state index contributed by atoms with van der Waals surface area (Å²) in [4.78, 5) is 29.1. The standard InChI is InChI=1S/C17H22ClN5O/c1-5-23(6-2)17-20-11-14(18)15(21-17)16(24)22(4)12(3)13-7-9-19-10-8-13/h7-12H,5-6H2,1-4H3/t12-/m1/s1. The van der Waals surface area contributed by atoms with Gasteiger partial charge in [-0.1, -0.05) is 11.6 Å². The number of rotatable bonds is 6. The van der Waals surface area contributed by atoms with E-state index >= 15 is 0 Å². The van der Waals surface area contributed by atoms with Crippen LogP contribution in [0.4, 0.5) is 5.95 Å². The minimum Gasteiger partial charge on any atom is -0.341 e. The van der Waals surface area contributed by atoms with Crippen LogP contribution >= 0.6 is 11.6 Å². The third-order valence-corrected chi connectivity index (χ3v) is 4.35. The Morgan fingerprint density at radius 2 is 1.88 bits per heavy atom. The van der Waals surface area contributed by atoms with Gasteiger partial charge in [0, 0.05) is 32.5 Å². The van der Waals surface area contributed by atoms with E-state index in [9.17, 15) is 4.79 Å². The number of amides is 1. The molecule has 1 atom stereocenters. The number of carbonyl (C=O) groups is 1. The Hall–Kier alpha value is -2.21. The average molecular weight is 348 g/mol. The third kappa shape index (κ3) is 3.82. The number of halogens is 1. The maximum Gasteiger partial charge on any atom is 0.274 e. The van der Waals surface area contributed by atoms with Crippen molar-refractivity contribution in [3.63, 3.8) is 0 Å². The van der Waals surface area contributed by atoms with Gasteiger partial charge in [-0.3, -0.25) is 9.78 Å². The van der Waals surface area contributed by atoms with Gasteiger partial charge in [-0.25, -0.2) is 9.97 Å². The van der Waals surface area contributed by atoms with E-state index in [-0.39, 0.29) is 22.7 Å². The van der Waals surface area contributed by atoms with Crippen molar-refractivity contribution in [1.82, 2.24) is 19.9 Å². The first-order valence-corrected chi connectivity index (χ1v) is 8.31. The molecule has 2 heterocycles. The Kier molecular flexibility index (Phi) is 6.09. The van der Waals surface area contributed by atoms with Crippen molar-refractivity contribution in [3.05, 3.63) is 47.0 Å². The lowest BCUT2D eigenvalue weighted by molar-refractivity contribution is 0.0736. The molecule has 0 aromatic carbocycles. The predicted molar refractivity (Wildman–Crippen MR) is 95.3 cm³/mol. The second kappa shape index (κ2) is 8.06. The highest BCUT2D eigenvalue weighted by molar-refractivity contribution is 6.33. The van der Waals surface area contributed by atoms with Crippen LogP contribution in [-0.2, 0) is 0 Å². The molecule has 0 aliphatic rings. The fourth-order valence-corrected chi connectivity index (χ4v) is 2.55. The lowest BCUT2D eigenvalue weighted by atomic mass is 10.1. The van der Waals surface area contributed by atoms with Crippen LogP contribution in [0.15, 0.2) is 30.7 Å². The van der Waals surface area contributed by atoms with Gasteiger partial charge in [-0.05, 0) is 38.5 Å². The zero-order valence-electron chi connectivity index (χ0n) is 14.4. The molecular formula is C17H22ClN5O. The van der Waals surface area contributed by atoms with E-state index in [2.05, 4.69) is 15.0 Å². The second-order valence-electron chi connectivity index (χ2n) is 5.41. The summed E-state index contributed by atoms with van der Waals surface area (Å²) in [6.45, 7) is 7.50. The van der Waals surface area contributed by atoms with Crippen molar-refractivity contribution in [2.45, 2.75) is 26.8 Å². The van der Waals surface area contributed by atoms with E-state index < -0.39 is 0 Å². The van der Waals surface area contributed by atoms with Crippen molar-refractivity contribution >= 4 is 23.5 Å². The fourth-order valence-electron chi connectivity index (χ4n) is 2.38. The van der Waals surface area contributed by atoms with Crippen molar-refractivity contribution in [2.24, 2.45) is 0 Å². The third-order valence-electron chi connectivity index (χ3n) is 4.07. The molecule has 0 unspecified atom stereocenters. The molecule has 0 spiro atoms. The molecule has 6 nitrogen and oxygen atoms in total. The van der Waals surface area contributed by atoms with Gasteiger partial charge in [0.25, 0.3) is 5.91 Å². The number of anilines is 1. The molecule has 0 saturated heterocycles. The zero-order valence-corrected chi connectivity index (χ0v) is 15.2. The van der Waals surface area contributed by atoms with E-state index in [0.29, 0.717) is 5.95 Å². The summed E-state index contributed by atoms with van der Waals surface area (Å²) in [6, 6.07) is 3.65. The quantitative estimate of drug-likeness (QED) is 0.803. The van der Waals surface area contributed by atoms with Gasteiger partial charge in [-0.2, -0.15) is 0 Å². The summed E-state index contributed by atoms with van der Waals surface area (Å²) in [6.07, 6.45) is 4.90. The van der Waals surface area contributed by atoms with Crippen LogP contribution in [0.3, 0.4) is 0 Å². The Balaban J connectivity index is 2.30. The first kappa shape index (κ1) is 18.1. The summed E-state index contributed by atoms with van der Waals surface area (Å²) >= 11 is 6.18.